The molecule has 7 nitrogen and oxygen atoms in total. The summed E-state index contributed by atoms with van der Waals surface area (Å²) in [5.41, 5.74) is 0.649. The Hall–Kier alpha value is -1.96. The number of amides is 1. The van der Waals surface area contributed by atoms with Crippen LogP contribution in [0, 0.1) is 10.1 Å². The maximum Gasteiger partial charge on any atom is 0.274 e. The molecule has 0 saturated carbocycles. The van der Waals surface area contributed by atoms with E-state index in [4.69, 9.17) is 0 Å². The van der Waals surface area contributed by atoms with E-state index in [2.05, 4.69) is 5.32 Å². The molecule has 1 atom stereocenters. The van der Waals surface area contributed by atoms with Crippen molar-refractivity contribution >= 4 is 27.1 Å². The van der Waals surface area contributed by atoms with E-state index in [0.717, 1.165) is 6.26 Å². The molecule has 0 spiro atoms. The number of nitrogens with one attached hydrogen (secondary N) is 1. The third-order valence-corrected chi connectivity index (χ3v) is 4.44. The minimum Gasteiger partial charge on any atom is -0.325 e. The summed E-state index contributed by atoms with van der Waals surface area (Å²) in [6.45, 7) is 3.05. The summed E-state index contributed by atoms with van der Waals surface area (Å²) in [4.78, 5) is 22.1. The van der Waals surface area contributed by atoms with Crippen LogP contribution in [0.25, 0.3) is 0 Å². The van der Waals surface area contributed by atoms with Gasteiger partial charge in [-0.25, -0.2) is 8.42 Å². The highest BCUT2D eigenvalue weighted by Crippen LogP contribution is 2.23. The zero-order chi connectivity index (χ0) is 15.5. The Morgan fingerprint density at radius 3 is 2.50 bits per heavy atom. The van der Waals surface area contributed by atoms with Crippen molar-refractivity contribution in [2.75, 3.05) is 11.6 Å². The molecule has 0 aliphatic rings. The first-order chi connectivity index (χ1) is 9.16. The number of sulfone groups is 1. The summed E-state index contributed by atoms with van der Waals surface area (Å²) in [5.74, 6) is -0.717. The molecule has 1 unspecified atom stereocenters. The van der Waals surface area contributed by atoms with Gasteiger partial charge >= 0.3 is 0 Å². The summed E-state index contributed by atoms with van der Waals surface area (Å²) < 4.78 is 22.5. The molecule has 20 heavy (non-hydrogen) atoms. The van der Waals surface area contributed by atoms with Gasteiger partial charge in [0.2, 0.25) is 5.91 Å². The fraction of sp³-hybridized carbons (Fsp3) is 0.417. The van der Waals surface area contributed by atoms with Gasteiger partial charge in [0.15, 0.2) is 9.84 Å². The van der Waals surface area contributed by atoms with Gasteiger partial charge in [-0.15, -0.1) is 0 Å². The minimum atomic E-state index is -3.51. The van der Waals surface area contributed by atoms with Crippen LogP contribution in [-0.4, -0.2) is 30.8 Å². The van der Waals surface area contributed by atoms with Crippen molar-refractivity contribution in [2.24, 2.45) is 0 Å². The van der Waals surface area contributed by atoms with Gasteiger partial charge in [-0.3, -0.25) is 14.9 Å². The number of nitro groups is 1. The van der Waals surface area contributed by atoms with Crippen LogP contribution >= 0.6 is 0 Å². The first-order valence-corrected chi connectivity index (χ1v) is 7.89. The fourth-order valence-electron chi connectivity index (χ4n) is 1.55. The second kappa shape index (κ2) is 6.00. The van der Waals surface area contributed by atoms with Gasteiger partial charge in [0, 0.05) is 23.6 Å². The lowest BCUT2D eigenvalue weighted by atomic mass is 10.1. The Balaban J connectivity index is 3.03. The summed E-state index contributed by atoms with van der Waals surface area (Å²) >= 11 is 0. The molecule has 8 heteroatoms. The van der Waals surface area contributed by atoms with Crippen molar-refractivity contribution in [3.05, 3.63) is 33.9 Å². The smallest absolute Gasteiger partial charge is 0.274 e. The van der Waals surface area contributed by atoms with E-state index >= 15 is 0 Å². The lowest BCUT2D eigenvalue weighted by Gasteiger charge is -2.11. The van der Waals surface area contributed by atoms with Crippen molar-refractivity contribution in [2.45, 2.75) is 25.5 Å². The average molecular weight is 300 g/mol. The van der Waals surface area contributed by atoms with Gasteiger partial charge in [-0.05, 0) is 19.4 Å². The van der Waals surface area contributed by atoms with E-state index in [1.54, 1.807) is 13.0 Å². The molecule has 0 saturated heterocycles. The first kappa shape index (κ1) is 16.1. The molecular weight excluding hydrogens is 284 g/mol. The lowest BCUT2D eigenvalue weighted by molar-refractivity contribution is -0.385. The molecule has 1 aromatic rings. The second-order valence-corrected chi connectivity index (χ2v) is 6.78. The molecule has 1 aromatic carbocycles. The van der Waals surface area contributed by atoms with Crippen LogP contribution in [-0.2, 0) is 21.1 Å². The number of nitro benzene ring substituents is 1. The molecule has 0 bridgehead atoms. The molecule has 0 fully saturated rings. The Kier molecular flexibility index (Phi) is 4.83. The van der Waals surface area contributed by atoms with Crippen LogP contribution in [0.2, 0.25) is 0 Å². The van der Waals surface area contributed by atoms with Gasteiger partial charge < -0.3 is 5.32 Å². The molecule has 1 rings (SSSR count). The van der Waals surface area contributed by atoms with Gasteiger partial charge in [0.05, 0.1) is 4.92 Å². The van der Waals surface area contributed by atoms with Crippen molar-refractivity contribution in [3.8, 4) is 0 Å². The number of carbonyl (C=O) groups is 1. The largest absolute Gasteiger partial charge is 0.325 e. The topological polar surface area (TPSA) is 106 Å². The lowest BCUT2D eigenvalue weighted by Crippen LogP contribution is -2.31. The predicted molar refractivity (Wildman–Crippen MR) is 75.4 cm³/mol. The van der Waals surface area contributed by atoms with Gasteiger partial charge in [0.1, 0.15) is 5.25 Å². The van der Waals surface area contributed by atoms with E-state index in [9.17, 15) is 23.3 Å². The van der Waals surface area contributed by atoms with E-state index in [1.165, 1.54) is 19.1 Å². The van der Waals surface area contributed by atoms with Crippen LogP contribution in [0.3, 0.4) is 0 Å². The van der Waals surface area contributed by atoms with Crippen molar-refractivity contribution < 1.29 is 18.1 Å². The molecule has 0 aliphatic carbocycles. The van der Waals surface area contributed by atoms with Crippen molar-refractivity contribution in [3.63, 3.8) is 0 Å². The number of benzene rings is 1. The SMILES string of the molecule is CCc1ccc(NC(=O)C(C)S(C)(=O)=O)cc1[N+](=O)[O-]. The number of carbonyl (C=O) groups excluding carboxylic acids is 1. The summed E-state index contributed by atoms with van der Waals surface area (Å²) in [7, 11) is -3.51. The number of hydrogen-bond acceptors (Lipinski definition) is 5. The first-order valence-electron chi connectivity index (χ1n) is 5.93. The highest BCUT2D eigenvalue weighted by atomic mass is 32.2. The van der Waals surface area contributed by atoms with Crippen LogP contribution < -0.4 is 5.32 Å². The van der Waals surface area contributed by atoms with Crippen molar-refractivity contribution in [1.29, 1.82) is 0 Å². The molecule has 0 radical (unpaired) electrons. The molecular formula is C12H16N2O5S. The molecule has 1 amide bonds. The molecule has 0 heterocycles. The Morgan fingerprint density at radius 1 is 1.45 bits per heavy atom. The molecule has 1 N–H and O–H groups in total. The highest BCUT2D eigenvalue weighted by molar-refractivity contribution is 7.92. The predicted octanol–water partition coefficient (Wildman–Crippen LogP) is 1.53. The minimum absolute atomic E-state index is 0.0997. The van der Waals surface area contributed by atoms with Crippen LogP contribution in [0.1, 0.15) is 19.4 Å². The maximum atomic E-state index is 11.7. The van der Waals surface area contributed by atoms with Crippen molar-refractivity contribution in [1.82, 2.24) is 0 Å². The molecule has 0 aromatic heterocycles. The summed E-state index contributed by atoms with van der Waals surface area (Å²) in [5, 5.41) is 12.1. The average Bonchev–Trinajstić information content (AvgIpc) is 2.36. The number of nitrogens with zero attached hydrogens (tertiary/aromatic N) is 1. The van der Waals surface area contributed by atoms with Crippen LogP contribution in [0.5, 0.6) is 0 Å². The summed E-state index contributed by atoms with van der Waals surface area (Å²) in [6.07, 6.45) is 1.45. The highest BCUT2D eigenvalue weighted by Gasteiger charge is 2.24. The van der Waals surface area contributed by atoms with E-state index in [0.29, 0.717) is 12.0 Å². The Bertz CT molecular complexity index is 639. The number of hydrogen-bond donors (Lipinski definition) is 1. The third-order valence-electron chi connectivity index (χ3n) is 2.94. The third kappa shape index (κ3) is 3.77. The number of aryl methyl sites for hydroxylation is 1. The zero-order valence-corrected chi connectivity index (χ0v) is 12.2. The van der Waals surface area contributed by atoms with Gasteiger partial charge in [-0.2, -0.15) is 0 Å². The number of rotatable bonds is 5. The van der Waals surface area contributed by atoms with Crippen LogP contribution in [0.4, 0.5) is 11.4 Å². The van der Waals surface area contributed by atoms with Gasteiger partial charge in [-0.1, -0.05) is 13.0 Å². The maximum absolute atomic E-state index is 11.7. The standard InChI is InChI=1S/C12H16N2O5S/c1-4-9-5-6-10(7-11(9)14(16)17)13-12(15)8(2)20(3,18)19/h5-8H,4H2,1-3H3,(H,13,15). The molecule has 110 valence electrons. The monoisotopic (exact) mass is 300 g/mol. The van der Waals surface area contributed by atoms with E-state index in [-0.39, 0.29) is 11.4 Å². The number of anilines is 1. The van der Waals surface area contributed by atoms with E-state index in [1.807, 2.05) is 0 Å². The summed E-state index contributed by atoms with van der Waals surface area (Å²) in [6, 6.07) is 4.28. The van der Waals surface area contributed by atoms with E-state index < -0.39 is 25.9 Å². The molecule has 0 aliphatic heterocycles. The second-order valence-electron chi connectivity index (χ2n) is 4.42. The Labute approximate surface area is 117 Å². The van der Waals surface area contributed by atoms with Gasteiger partial charge in [0.25, 0.3) is 5.69 Å². The van der Waals surface area contributed by atoms with Crippen LogP contribution in [0.15, 0.2) is 18.2 Å². The normalized spacial score (nSPS) is 12.8. The fourth-order valence-corrected chi connectivity index (χ4v) is 2.00. The Morgan fingerprint density at radius 2 is 2.05 bits per heavy atom. The zero-order valence-electron chi connectivity index (χ0n) is 11.4. The quantitative estimate of drug-likeness (QED) is 0.655.